The second-order valence-corrected chi connectivity index (χ2v) is 7.13. The van der Waals surface area contributed by atoms with Gasteiger partial charge in [-0.05, 0) is 18.4 Å². The number of methoxy groups -OCH3 is 1. The highest BCUT2D eigenvalue weighted by molar-refractivity contribution is 5.83. The number of rotatable bonds is 6. The molecule has 3 nitrogen and oxygen atoms in total. The van der Waals surface area contributed by atoms with Gasteiger partial charge in [-0.1, -0.05) is 79.2 Å². The lowest BCUT2D eigenvalue weighted by Crippen LogP contribution is -2.52. The number of allylic oxidation sites excluding steroid dienone is 1. The highest BCUT2D eigenvalue weighted by Gasteiger charge is 2.65. The number of carbonyl (C=O) groups is 1. The van der Waals surface area contributed by atoms with Crippen LogP contribution < -0.4 is 0 Å². The standard InChI is InChI=1S/C23H23F3O3/c1-4-19-16(2)21(19,17-11-7-5-8-12-17)15-29-20(27)22(28-3,23(24,25)26)18-13-9-6-10-14-18/h4-14,16H,15H2,1-3H3/b19-4+/t16-,21+,22-/m1/s1. The van der Waals surface area contributed by atoms with Crippen molar-refractivity contribution in [3.8, 4) is 0 Å². The number of carbonyl (C=O) groups excluding carboxylic acids is 1. The van der Waals surface area contributed by atoms with Gasteiger partial charge in [-0.15, -0.1) is 0 Å². The monoisotopic (exact) mass is 404 g/mol. The van der Waals surface area contributed by atoms with Crippen molar-refractivity contribution in [3.63, 3.8) is 0 Å². The van der Waals surface area contributed by atoms with E-state index in [-0.39, 0.29) is 18.1 Å². The molecule has 1 saturated carbocycles. The van der Waals surface area contributed by atoms with E-state index in [0.717, 1.165) is 18.2 Å². The fourth-order valence-corrected chi connectivity index (χ4v) is 4.19. The average Bonchev–Trinajstić information content (AvgIpc) is 3.31. The van der Waals surface area contributed by atoms with E-state index in [9.17, 15) is 18.0 Å². The van der Waals surface area contributed by atoms with Crippen molar-refractivity contribution >= 4 is 5.97 Å². The van der Waals surface area contributed by atoms with Gasteiger partial charge < -0.3 is 9.47 Å². The molecule has 0 N–H and O–H groups in total. The topological polar surface area (TPSA) is 35.5 Å². The van der Waals surface area contributed by atoms with E-state index in [1.165, 1.54) is 24.3 Å². The molecule has 0 unspecified atom stereocenters. The van der Waals surface area contributed by atoms with Gasteiger partial charge in [-0.2, -0.15) is 13.2 Å². The second kappa shape index (κ2) is 7.67. The van der Waals surface area contributed by atoms with Crippen molar-refractivity contribution in [2.45, 2.75) is 31.0 Å². The first kappa shape index (κ1) is 21.1. The minimum absolute atomic E-state index is 0.0576. The Morgan fingerprint density at radius 1 is 1.07 bits per heavy atom. The quantitative estimate of drug-likeness (QED) is 0.492. The molecule has 2 aromatic carbocycles. The van der Waals surface area contributed by atoms with Crippen LogP contribution in [-0.2, 0) is 25.3 Å². The fraction of sp³-hybridized carbons (Fsp3) is 0.348. The lowest BCUT2D eigenvalue weighted by molar-refractivity contribution is -0.276. The van der Waals surface area contributed by atoms with Gasteiger partial charge in [0.25, 0.3) is 5.60 Å². The number of halogens is 3. The van der Waals surface area contributed by atoms with Crippen LogP contribution in [0.2, 0.25) is 0 Å². The maximum Gasteiger partial charge on any atom is 0.432 e. The van der Waals surface area contributed by atoms with Gasteiger partial charge >= 0.3 is 12.1 Å². The molecule has 6 heteroatoms. The van der Waals surface area contributed by atoms with Crippen molar-refractivity contribution in [1.29, 1.82) is 0 Å². The summed E-state index contributed by atoms with van der Waals surface area (Å²) in [5, 5.41) is 0. The Kier molecular flexibility index (Phi) is 5.59. The van der Waals surface area contributed by atoms with Crippen molar-refractivity contribution < 1.29 is 27.4 Å². The van der Waals surface area contributed by atoms with Gasteiger partial charge in [0.05, 0.1) is 5.41 Å². The van der Waals surface area contributed by atoms with E-state index in [4.69, 9.17) is 9.47 Å². The Hall–Kier alpha value is -2.60. The average molecular weight is 404 g/mol. The number of hydrogen-bond donors (Lipinski definition) is 0. The zero-order valence-corrected chi connectivity index (χ0v) is 16.5. The van der Waals surface area contributed by atoms with Crippen LogP contribution in [0.5, 0.6) is 0 Å². The Bertz CT molecular complexity index is 893. The zero-order valence-electron chi connectivity index (χ0n) is 16.5. The van der Waals surface area contributed by atoms with E-state index < -0.39 is 23.2 Å². The molecule has 1 aliphatic rings. The second-order valence-electron chi connectivity index (χ2n) is 7.13. The first-order valence-electron chi connectivity index (χ1n) is 9.32. The molecule has 3 atom stereocenters. The maximum atomic E-state index is 14.1. The largest absolute Gasteiger partial charge is 0.462 e. The van der Waals surface area contributed by atoms with Gasteiger partial charge in [0.2, 0.25) is 0 Å². The first-order valence-corrected chi connectivity index (χ1v) is 9.32. The predicted octanol–water partition coefficient (Wildman–Crippen LogP) is 5.17. The summed E-state index contributed by atoms with van der Waals surface area (Å²) in [4.78, 5) is 12.9. The molecule has 0 radical (unpaired) electrons. The summed E-state index contributed by atoms with van der Waals surface area (Å²) in [6.45, 7) is 3.66. The number of alkyl halides is 3. The Labute approximate surface area is 168 Å². The van der Waals surface area contributed by atoms with Crippen molar-refractivity contribution in [1.82, 2.24) is 0 Å². The van der Waals surface area contributed by atoms with Crippen LogP contribution in [0.15, 0.2) is 72.3 Å². The molecule has 0 heterocycles. The summed E-state index contributed by atoms with van der Waals surface area (Å²) in [6, 6.07) is 16.2. The van der Waals surface area contributed by atoms with Gasteiger partial charge in [0.1, 0.15) is 6.61 Å². The third-order valence-corrected chi connectivity index (χ3v) is 5.84. The molecule has 0 aliphatic heterocycles. The molecular weight excluding hydrogens is 381 g/mol. The normalized spacial score (nSPS) is 24.8. The number of ether oxygens (including phenoxy) is 2. The van der Waals surface area contributed by atoms with Crippen molar-refractivity contribution in [2.24, 2.45) is 5.92 Å². The molecule has 154 valence electrons. The minimum atomic E-state index is -4.99. The third-order valence-electron chi connectivity index (χ3n) is 5.84. The van der Waals surface area contributed by atoms with Crippen LogP contribution in [-0.4, -0.2) is 25.9 Å². The SMILES string of the molecule is C/C=C1\[C@@H](C)[C@@]1(COC(=O)[C@](OC)(c1ccccc1)C(F)(F)F)c1ccccc1. The van der Waals surface area contributed by atoms with Crippen LogP contribution in [0.25, 0.3) is 0 Å². The lowest BCUT2D eigenvalue weighted by atomic mass is 9.91. The molecule has 0 amide bonds. The van der Waals surface area contributed by atoms with Gasteiger partial charge in [-0.25, -0.2) is 4.79 Å². The van der Waals surface area contributed by atoms with E-state index >= 15 is 0 Å². The van der Waals surface area contributed by atoms with Gasteiger partial charge in [0, 0.05) is 12.7 Å². The van der Waals surface area contributed by atoms with E-state index in [1.807, 2.05) is 50.3 Å². The molecule has 1 fully saturated rings. The fourth-order valence-electron chi connectivity index (χ4n) is 4.19. The Morgan fingerprint density at radius 3 is 2.07 bits per heavy atom. The van der Waals surface area contributed by atoms with Gasteiger partial charge in [-0.3, -0.25) is 0 Å². The van der Waals surface area contributed by atoms with Crippen LogP contribution in [0.3, 0.4) is 0 Å². The summed E-state index contributed by atoms with van der Waals surface area (Å²) in [6.07, 6.45) is -3.06. The molecule has 0 aromatic heterocycles. The highest BCUT2D eigenvalue weighted by Crippen LogP contribution is 2.59. The molecule has 0 saturated heterocycles. The lowest BCUT2D eigenvalue weighted by Gasteiger charge is -2.33. The van der Waals surface area contributed by atoms with Crippen molar-refractivity contribution in [2.75, 3.05) is 13.7 Å². The number of benzene rings is 2. The predicted molar refractivity (Wildman–Crippen MR) is 103 cm³/mol. The van der Waals surface area contributed by atoms with Crippen LogP contribution >= 0.6 is 0 Å². The molecule has 2 aromatic rings. The Morgan fingerprint density at radius 2 is 1.62 bits per heavy atom. The smallest absolute Gasteiger partial charge is 0.432 e. The maximum absolute atomic E-state index is 14.1. The first-order chi connectivity index (χ1) is 13.8. The van der Waals surface area contributed by atoms with Gasteiger partial charge in [0.15, 0.2) is 0 Å². The molecule has 3 rings (SSSR count). The van der Waals surface area contributed by atoms with E-state index in [0.29, 0.717) is 0 Å². The Balaban J connectivity index is 1.95. The number of hydrogen-bond acceptors (Lipinski definition) is 3. The summed E-state index contributed by atoms with van der Waals surface area (Å²) in [5.41, 5.74) is -2.17. The minimum Gasteiger partial charge on any atom is -0.462 e. The van der Waals surface area contributed by atoms with Crippen LogP contribution in [0.1, 0.15) is 25.0 Å². The highest BCUT2D eigenvalue weighted by atomic mass is 19.4. The zero-order chi connectivity index (χ0) is 21.3. The molecule has 0 bridgehead atoms. The number of esters is 1. The van der Waals surface area contributed by atoms with Crippen LogP contribution in [0, 0.1) is 5.92 Å². The third kappa shape index (κ3) is 3.25. The van der Waals surface area contributed by atoms with E-state index in [2.05, 4.69) is 0 Å². The molecule has 1 aliphatic carbocycles. The summed E-state index contributed by atoms with van der Waals surface area (Å²) in [5.74, 6) is -1.41. The van der Waals surface area contributed by atoms with Crippen LogP contribution in [0.4, 0.5) is 13.2 Å². The van der Waals surface area contributed by atoms with E-state index in [1.54, 1.807) is 6.07 Å². The van der Waals surface area contributed by atoms with Crippen molar-refractivity contribution in [3.05, 3.63) is 83.4 Å². The molecule has 0 spiro atoms. The molecule has 29 heavy (non-hydrogen) atoms. The summed E-state index contributed by atoms with van der Waals surface area (Å²) < 4.78 is 52.3. The summed E-state index contributed by atoms with van der Waals surface area (Å²) >= 11 is 0. The summed E-state index contributed by atoms with van der Waals surface area (Å²) in [7, 11) is 0.867. The molecular formula is C23H23F3O3.